The second kappa shape index (κ2) is 10.3. The van der Waals surface area contributed by atoms with Crippen molar-refractivity contribution < 1.29 is 14.8 Å². The number of rotatable bonds is 9. The molecule has 2 aliphatic heterocycles. The van der Waals surface area contributed by atoms with Gasteiger partial charge >= 0.3 is 0 Å². The largest absolute Gasteiger partial charge is 0.396 e. The summed E-state index contributed by atoms with van der Waals surface area (Å²) in [4.78, 5) is 2.35. The molecule has 35 heavy (non-hydrogen) atoms. The third kappa shape index (κ3) is 4.65. The van der Waals surface area contributed by atoms with Crippen LogP contribution in [-0.4, -0.2) is 46.8 Å². The molecule has 0 aliphatic carbocycles. The summed E-state index contributed by atoms with van der Waals surface area (Å²) in [7, 11) is 0. The van der Waals surface area contributed by atoms with Gasteiger partial charge in [0.2, 0.25) is 5.69 Å². The van der Waals surface area contributed by atoms with E-state index in [1.165, 1.54) is 33.9 Å². The van der Waals surface area contributed by atoms with Crippen molar-refractivity contribution >= 4 is 17.1 Å². The molecule has 4 nitrogen and oxygen atoms in total. The van der Waals surface area contributed by atoms with E-state index in [4.69, 9.17) is 0 Å². The van der Waals surface area contributed by atoms with Gasteiger partial charge in [-0.3, -0.25) is 0 Å². The van der Waals surface area contributed by atoms with Gasteiger partial charge in [-0.15, -0.1) is 0 Å². The second-order valence-corrected chi connectivity index (χ2v) is 10.4. The average molecular weight is 472 g/mol. The zero-order valence-corrected chi connectivity index (χ0v) is 21.5. The quantitative estimate of drug-likeness (QED) is 0.368. The molecule has 0 amide bonds. The molecule has 0 atom stereocenters. The summed E-state index contributed by atoms with van der Waals surface area (Å²) >= 11 is 0. The first-order valence-electron chi connectivity index (χ1n) is 12.7. The van der Waals surface area contributed by atoms with Crippen molar-refractivity contribution in [1.82, 2.24) is 0 Å². The number of hydrogen-bond donors (Lipinski definition) is 2. The third-order valence-electron chi connectivity index (χ3n) is 7.41. The fraction of sp³-hybridized carbons (Fsp3) is 0.387. The highest BCUT2D eigenvalue weighted by Crippen LogP contribution is 2.47. The lowest BCUT2D eigenvalue weighted by molar-refractivity contribution is -0.438. The van der Waals surface area contributed by atoms with Crippen molar-refractivity contribution in [3.8, 4) is 0 Å². The maximum Gasteiger partial charge on any atom is 0.209 e. The Kier molecular flexibility index (Phi) is 7.44. The molecule has 2 aromatic rings. The van der Waals surface area contributed by atoms with Crippen LogP contribution in [0.3, 0.4) is 0 Å². The number of nitrogens with zero attached hydrogens (tertiary/aromatic N) is 2. The van der Waals surface area contributed by atoms with Crippen LogP contribution in [0.25, 0.3) is 0 Å². The van der Waals surface area contributed by atoms with E-state index in [2.05, 4.69) is 116 Å². The average Bonchev–Trinajstić information content (AvgIpc) is 3.20. The summed E-state index contributed by atoms with van der Waals surface area (Å²) < 4.78 is 2.35. The molecular formula is C31H39N2O2+. The first kappa shape index (κ1) is 25.2. The molecule has 0 spiro atoms. The minimum atomic E-state index is -0.0922. The first-order valence-corrected chi connectivity index (χ1v) is 12.7. The van der Waals surface area contributed by atoms with Gasteiger partial charge in [0, 0.05) is 60.7 Å². The summed E-state index contributed by atoms with van der Waals surface area (Å²) in [6, 6.07) is 17.2. The van der Waals surface area contributed by atoms with Gasteiger partial charge in [-0.1, -0.05) is 68.5 Å². The van der Waals surface area contributed by atoms with Crippen LogP contribution in [0.15, 0.2) is 84.6 Å². The Morgan fingerprint density at radius 2 is 1.49 bits per heavy atom. The molecule has 0 aromatic heterocycles. The molecule has 2 heterocycles. The summed E-state index contributed by atoms with van der Waals surface area (Å²) in [5, 5.41) is 18.9. The van der Waals surface area contributed by atoms with E-state index in [0.29, 0.717) is 0 Å². The lowest BCUT2D eigenvalue weighted by Gasteiger charge is -2.26. The molecule has 0 saturated heterocycles. The molecule has 0 radical (unpaired) electrons. The predicted octanol–water partition coefficient (Wildman–Crippen LogP) is 5.62. The fourth-order valence-corrected chi connectivity index (χ4v) is 5.58. The summed E-state index contributed by atoms with van der Waals surface area (Å²) in [6.45, 7) is 11.1. The molecule has 4 heteroatoms. The number of benzene rings is 2. The van der Waals surface area contributed by atoms with Crippen LogP contribution in [0.2, 0.25) is 0 Å². The zero-order valence-electron chi connectivity index (χ0n) is 21.5. The van der Waals surface area contributed by atoms with Crippen LogP contribution in [0.4, 0.5) is 11.4 Å². The van der Waals surface area contributed by atoms with E-state index in [1.54, 1.807) is 0 Å². The third-order valence-corrected chi connectivity index (χ3v) is 7.41. The topological polar surface area (TPSA) is 46.7 Å². The molecular weight excluding hydrogens is 432 g/mol. The van der Waals surface area contributed by atoms with Gasteiger partial charge in [-0.05, 0) is 38.0 Å². The molecule has 0 bridgehead atoms. The van der Waals surface area contributed by atoms with E-state index >= 15 is 0 Å². The molecule has 0 unspecified atom stereocenters. The van der Waals surface area contributed by atoms with E-state index < -0.39 is 0 Å². The molecule has 2 aliphatic rings. The van der Waals surface area contributed by atoms with Gasteiger partial charge in [-0.25, -0.2) is 0 Å². The number of fused-ring (bicyclic) bond motifs is 2. The van der Waals surface area contributed by atoms with Crippen molar-refractivity contribution in [3.63, 3.8) is 0 Å². The molecule has 4 rings (SSSR count). The smallest absolute Gasteiger partial charge is 0.209 e. The van der Waals surface area contributed by atoms with Crippen LogP contribution in [0.5, 0.6) is 0 Å². The maximum absolute atomic E-state index is 9.43. The van der Waals surface area contributed by atoms with Gasteiger partial charge in [0.25, 0.3) is 0 Å². The fourth-order valence-electron chi connectivity index (χ4n) is 5.58. The number of aliphatic hydroxyl groups is 2. The number of anilines is 1. The van der Waals surface area contributed by atoms with Crippen LogP contribution in [0, 0.1) is 0 Å². The Balaban J connectivity index is 1.61. The van der Waals surface area contributed by atoms with E-state index in [0.717, 1.165) is 25.9 Å². The Bertz CT molecular complexity index is 1180. The number of hydrogen-bond acceptors (Lipinski definition) is 3. The van der Waals surface area contributed by atoms with Gasteiger partial charge < -0.3 is 15.1 Å². The van der Waals surface area contributed by atoms with E-state index in [-0.39, 0.29) is 24.0 Å². The Morgan fingerprint density at radius 3 is 2.23 bits per heavy atom. The van der Waals surface area contributed by atoms with Gasteiger partial charge in [-0.2, -0.15) is 4.58 Å². The number of aliphatic hydroxyl groups excluding tert-OH is 2. The Labute approximate surface area is 210 Å². The predicted molar refractivity (Wildman–Crippen MR) is 146 cm³/mol. The second-order valence-electron chi connectivity index (χ2n) is 10.4. The van der Waals surface area contributed by atoms with Gasteiger partial charge in [0.05, 0.1) is 5.41 Å². The monoisotopic (exact) mass is 471 g/mol. The minimum absolute atomic E-state index is 0.0922. The summed E-state index contributed by atoms with van der Waals surface area (Å²) in [6.07, 6.45) is 12.3. The molecule has 0 fully saturated rings. The van der Waals surface area contributed by atoms with Crippen LogP contribution < -0.4 is 4.90 Å². The SMILES string of the molecule is CC1(C)C(/C=C/C=C/C=C2/N(CCCO)c3ccccc3C2(C)C)=[N+](CCCO)c2ccccc21. The number of allylic oxidation sites excluding steroid dienone is 6. The lowest BCUT2D eigenvalue weighted by Crippen LogP contribution is -2.28. The highest BCUT2D eigenvalue weighted by molar-refractivity contribution is 6.03. The van der Waals surface area contributed by atoms with Crippen LogP contribution in [0.1, 0.15) is 51.7 Å². The van der Waals surface area contributed by atoms with E-state index in [1.807, 2.05) is 0 Å². The standard InChI is InChI=1S/C31H39N2O2/c1-30(2)24-14-8-10-16-26(24)32(20-12-22-34)28(30)18-6-5-7-19-29-31(3,4)25-15-9-11-17-27(25)33(29)21-13-23-35/h5-11,14-19,34-35H,12-13,20-23H2,1-4H3/q+1. The first-order chi connectivity index (χ1) is 16.8. The molecule has 0 saturated carbocycles. The van der Waals surface area contributed by atoms with Gasteiger partial charge in [0.15, 0.2) is 12.3 Å². The van der Waals surface area contributed by atoms with Crippen molar-refractivity contribution in [2.45, 2.75) is 51.4 Å². The number of para-hydroxylation sites is 2. The highest BCUT2D eigenvalue weighted by atomic mass is 16.3. The summed E-state index contributed by atoms with van der Waals surface area (Å²) in [5.74, 6) is 0. The minimum Gasteiger partial charge on any atom is -0.396 e. The Hall–Kier alpha value is -2.95. The zero-order chi connectivity index (χ0) is 25.1. The molecule has 2 N–H and O–H groups in total. The molecule has 184 valence electrons. The van der Waals surface area contributed by atoms with Crippen LogP contribution in [-0.2, 0) is 10.8 Å². The van der Waals surface area contributed by atoms with Gasteiger partial charge in [0.1, 0.15) is 0 Å². The van der Waals surface area contributed by atoms with Crippen molar-refractivity contribution in [2.75, 3.05) is 31.2 Å². The normalized spacial score (nSPS) is 19.4. The summed E-state index contributed by atoms with van der Waals surface area (Å²) in [5.41, 5.74) is 7.45. The Morgan fingerprint density at radius 1 is 0.800 bits per heavy atom. The maximum atomic E-state index is 9.43. The van der Waals surface area contributed by atoms with Crippen molar-refractivity contribution in [1.29, 1.82) is 0 Å². The lowest BCUT2D eigenvalue weighted by atomic mass is 9.81. The van der Waals surface area contributed by atoms with Crippen LogP contribution >= 0.6 is 0 Å². The van der Waals surface area contributed by atoms with E-state index in [9.17, 15) is 10.2 Å². The molecule has 2 aromatic carbocycles. The van der Waals surface area contributed by atoms with Crippen molar-refractivity contribution in [3.05, 3.63) is 95.7 Å². The highest BCUT2D eigenvalue weighted by Gasteiger charge is 2.43. The van der Waals surface area contributed by atoms with Crippen molar-refractivity contribution in [2.24, 2.45) is 0 Å².